The lowest BCUT2D eigenvalue weighted by Gasteiger charge is -2.12. The van der Waals surface area contributed by atoms with Gasteiger partial charge in [-0.1, -0.05) is 6.07 Å². The molecule has 0 saturated carbocycles. The molecule has 28 heavy (non-hydrogen) atoms. The summed E-state index contributed by atoms with van der Waals surface area (Å²) in [5, 5.41) is 14.0. The molecule has 0 saturated heterocycles. The maximum absolute atomic E-state index is 12.5. The molecule has 1 aliphatic rings. The van der Waals surface area contributed by atoms with E-state index in [4.69, 9.17) is 14.2 Å². The van der Waals surface area contributed by atoms with Crippen LogP contribution in [0.15, 0.2) is 42.7 Å². The van der Waals surface area contributed by atoms with Gasteiger partial charge in [0.1, 0.15) is 17.8 Å². The first kappa shape index (κ1) is 17.8. The Labute approximate surface area is 161 Å². The molecule has 9 nitrogen and oxygen atoms in total. The van der Waals surface area contributed by atoms with E-state index < -0.39 is 0 Å². The highest BCUT2D eigenvalue weighted by Gasteiger charge is 2.14. The van der Waals surface area contributed by atoms with Gasteiger partial charge in [-0.3, -0.25) is 4.79 Å². The number of amides is 1. The molecule has 2 aromatic carbocycles. The predicted octanol–water partition coefficient (Wildman–Crippen LogP) is 2.01. The molecule has 0 radical (unpaired) electrons. The molecule has 1 aliphatic heterocycles. The maximum atomic E-state index is 12.5. The number of hydrogen-bond donors (Lipinski definition) is 1. The molecule has 4 rings (SSSR count). The lowest BCUT2D eigenvalue weighted by molar-refractivity contribution is -0.115. The van der Waals surface area contributed by atoms with Gasteiger partial charge >= 0.3 is 0 Å². The standard InChI is InChI=1S/C19H19N5O4/c1-26-16-6-4-14(11-15(16)24-12-20-22-23-24)21-19(25)10-13-3-5-17-18(9-13)28-8-2-7-27-17/h3-6,9,11-12H,2,7-8,10H2,1H3,(H,21,25). The van der Waals surface area contributed by atoms with Crippen molar-refractivity contribution in [2.75, 3.05) is 25.6 Å². The molecular formula is C19H19N5O4. The second kappa shape index (κ2) is 7.95. The lowest BCUT2D eigenvalue weighted by atomic mass is 10.1. The van der Waals surface area contributed by atoms with Crippen molar-refractivity contribution in [2.45, 2.75) is 12.8 Å². The number of benzene rings is 2. The fourth-order valence-corrected chi connectivity index (χ4v) is 2.93. The Morgan fingerprint density at radius 1 is 1.18 bits per heavy atom. The number of rotatable bonds is 5. The summed E-state index contributed by atoms with van der Waals surface area (Å²) in [6.45, 7) is 1.24. The van der Waals surface area contributed by atoms with Gasteiger partial charge in [-0.15, -0.1) is 5.10 Å². The number of ether oxygens (including phenoxy) is 3. The van der Waals surface area contributed by atoms with Crippen LogP contribution >= 0.6 is 0 Å². The van der Waals surface area contributed by atoms with Crippen molar-refractivity contribution >= 4 is 11.6 Å². The van der Waals surface area contributed by atoms with Crippen LogP contribution in [0, 0.1) is 0 Å². The largest absolute Gasteiger partial charge is 0.494 e. The smallest absolute Gasteiger partial charge is 0.228 e. The van der Waals surface area contributed by atoms with Crippen LogP contribution in [0.5, 0.6) is 17.2 Å². The third kappa shape index (κ3) is 3.88. The number of methoxy groups -OCH3 is 1. The Hall–Kier alpha value is -3.62. The van der Waals surface area contributed by atoms with Crippen molar-refractivity contribution in [1.29, 1.82) is 0 Å². The number of carbonyl (C=O) groups is 1. The summed E-state index contributed by atoms with van der Waals surface area (Å²) in [7, 11) is 1.56. The molecular weight excluding hydrogens is 362 g/mol. The molecule has 1 amide bonds. The number of anilines is 1. The fraction of sp³-hybridized carbons (Fsp3) is 0.263. The van der Waals surface area contributed by atoms with Crippen molar-refractivity contribution in [2.24, 2.45) is 0 Å². The molecule has 1 aromatic heterocycles. The zero-order valence-corrected chi connectivity index (χ0v) is 15.3. The number of aromatic nitrogens is 4. The number of nitrogens with one attached hydrogen (secondary N) is 1. The summed E-state index contributed by atoms with van der Waals surface area (Å²) in [6, 6.07) is 10.8. The van der Waals surface area contributed by atoms with E-state index in [1.807, 2.05) is 18.2 Å². The summed E-state index contributed by atoms with van der Waals surface area (Å²) in [5.74, 6) is 1.83. The van der Waals surface area contributed by atoms with E-state index in [2.05, 4.69) is 20.8 Å². The molecule has 0 aliphatic carbocycles. The molecule has 9 heteroatoms. The molecule has 3 aromatic rings. The van der Waals surface area contributed by atoms with Crippen LogP contribution in [-0.4, -0.2) is 46.4 Å². The first-order valence-corrected chi connectivity index (χ1v) is 8.83. The summed E-state index contributed by atoms with van der Waals surface area (Å²) in [5.41, 5.74) is 2.09. The highest BCUT2D eigenvalue weighted by Crippen LogP contribution is 2.31. The van der Waals surface area contributed by atoms with E-state index in [0.29, 0.717) is 41.8 Å². The van der Waals surface area contributed by atoms with Gasteiger partial charge in [0, 0.05) is 12.1 Å². The predicted molar refractivity (Wildman–Crippen MR) is 100 cm³/mol. The minimum Gasteiger partial charge on any atom is -0.494 e. The van der Waals surface area contributed by atoms with E-state index in [1.165, 1.54) is 11.0 Å². The van der Waals surface area contributed by atoms with Crippen LogP contribution in [0.2, 0.25) is 0 Å². The average Bonchev–Trinajstić information content (AvgIpc) is 3.14. The molecule has 0 fully saturated rings. The van der Waals surface area contributed by atoms with E-state index in [9.17, 15) is 4.79 Å². The SMILES string of the molecule is COc1ccc(NC(=O)Cc2ccc3c(c2)OCCCO3)cc1-n1cnnn1. The Bertz CT molecular complexity index is 974. The van der Waals surface area contributed by atoms with Crippen LogP contribution < -0.4 is 19.5 Å². The average molecular weight is 381 g/mol. The maximum Gasteiger partial charge on any atom is 0.228 e. The number of carbonyl (C=O) groups excluding carboxylic acids is 1. The highest BCUT2D eigenvalue weighted by atomic mass is 16.5. The molecule has 0 spiro atoms. The van der Waals surface area contributed by atoms with Crippen molar-refractivity contribution in [3.05, 3.63) is 48.3 Å². The monoisotopic (exact) mass is 381 g/mol. The summed E-state index contributed by atoms with van der Waals surface area (Å²) < 4.78 is 18.1. The quantitative estimate of drug-likeness (QED) is 0.721. The van der Waals surface area contributed by atoms with Crippen molar-refractivity contribution in [3.63, 3.8) is 0 Å². The van der Waals surface area contributed by atoms with E-state index in [-0.39, 0.29) is 12.3 Å². The molecule has 2 heterocycles. The zero-order valence-electron chi connectivity index (χ0n) is 15.3. The Morgan fingerprint density at radius 3 is 2.82 bits per heavy atom. The van der Waals surface area contributed by atoms with E-state index in [0.717, 1.165) is 12.0 Å². The van der Waals surface area contributed by atoms with E-state index >= 15 is 0 Å². The third-order valence-electron chi connectivity index (χ3n) is 4.24. The third-order valence-corrected chi connectivity index (χ3v) is 4.24. The number of fused-ring (bicyclic) bond motifs is 1. The minimum absolute atomic E-state index is 0.151. The van der Waals surface area contributed by atoms with E-state index in [1.54, 1.807) is 25.3 Å². The van der Waals surface area contributed by atoms with Crippen LogP contribution in [0.3, 0.4) is 0 Å². The number of tetrazole rings is 1. The van der Waals surface area contributed by atoms with Gasteiger partial charge in [-0.2, -0.15) is 4.68 Å². The molecule has 1 N–H and O–H groups in total. The van der Waals surface area contributed by atoms with Gasteiger partial charge in [-0.25, -0.2) is 0 Å². The second-order valence-electron chi connectivity index (χ2n) is 6.20. The fourth-order valence-electron chi connectivity index (χ4n) is 2.93. The molecule has 0 bridgehead atoms. The van der Waals surface area contributed by atoms with Crippen molar-refractivity contribution < 1.29 is 19.0 Å². The van der Waals surface area contributed by atoms with Gasteiger partial charge in [0.2, 0.25) is 5.91 Å². The number of hydrogen-bond acceptors (Lipinski definition) is 7. The van der Waals surface area contributed by atoms with Crippen LogP contribution in [0.25, 0.3) is 5.69 Å². The molecule has 0 atom stereocenters. The van der Waals surface area contributed by atoms with Crippen LogP contribution in [0.4, 0.5) is 5.69 Å². The summed E-state index contributed by atoms with van der Waals surface area (Å²) >= 11 is 0. The van der Waals surface area contributed by atoms with Gasteiger partial charge in [0.25, 0.3) is 0 Å². The van der Waals surface area contributed by atoms with Crippen LogP contribution in [0.1, 0.15) is 12.0 Å². The first-order valence-electron chi connectivity index (χ1n) is 8.83. The topological polar surface area (TPSA) is 100 Å². The van der Waals surface area contributed by atoms with Crippen molar-refractivity contribution in [3.8, 4) is 22.9 Å². The van der Waals surface area contributed by atoms with Gasteiger partial charge in [0.05, 0.1) is 26.7 Å². The second-order valence-corrected chi connectivity index (χ2v) is 6.20. The van der Waals surface area contributed by atoms with Gasteiger partial charge in [0.15, 0.2) is 11.5 Å². The Kier molecular flexibility index (Phi) is 5.05. The molecule has 0 unspecified atom stereocenters. The normalized spacial score (nSPS) is 12.9. The Morgan fingerprint density at radius 2 is 2.04 bits per heavy atom. The van der Waals surface area contributed by atoms with Crippen molar-refractivity contribution in [1.82, 2.24) is 20.2 Å². The lowest BCUT2D eigenvalue weighted by Crippen LogP contribution is -2.15. The Balaban J connectivity index is 1.48. The minimum atomic E-state index is -0.151. The summed E-state index contributed by atoms with van der Waals surface area (Å²) in [4.78, 5) is 12.5. The molecule has 144 valence electrons. The summed E-state index contributed by atoms with van der Waals surface area (Å²) in [6.07, 6.45) is 2.51. The first-order chi connectivity index (χ1) is 13.7. The van der Waals surface area contributed by atoms with Gasteiger partial charge in [-0.05, 0) is 46.3 Å². The van der Waals surface area contributed by atoms with Gasteiger partial charge < -0.3 is 19.5 Å². The zero-order chi connectivity index (χ0) is 19.3. The van der Waals surface area contributed by atoms with Crippen LogP contribution in [-0.2, 0) is 11.2 Å². The highest BCUT2D eigenvalue weighted by molar-refractivity contribution is 5.92. The number of nitrogens with zero attached hydrogens (tertiary/aromatic N) is 4.